The average molecular weight is 341 g/mol. The van der Waals surface area contributed by atoms with Crippen LogP contribution in [0.25, 0.3) is 6.08 Å². The Labute approximate surface area is 146 Å². The Bertz CT molecular complexity index is 795. The van der Waals surface area contributed by atoms with Crippen LogP contribution in [0.1, 0.15) is 25.0 Å². The van der Waals surface area contributed by atoms with Crippen molar-refractivity contribution in [3.05, 3.63) is 71.6 Å². The number of ether oxygens (including phenoxy) is 1. The maximum absolute atomic E-state index is 13.0. The van der Waals surface area contributed by atoms with E-state index in [0.717, 1.165) is 5.56 Å². The molecule has 0 atom stereocenters. The molecule has 0 aromatic heterocycles. The number of ketones is 1. The molecule has 0 spiro atoms. The summed E-state index contributed by atoms with van der Waals surface area (Å²) in [5, 5.41) is 2.66. The van der Waals surface area contributed by atoms with E-state index in [2.05, 4.69) is 5.32 Å². The number of hydrogen-bond donors (Lipinski definition) is 1. The summed E-state index contributed by atoms with van der Waals surface area (Å²) in [4.78, 5) is 24.2. The van der Waals surface area contributed by atoms with Gasteiger partial charge in [-0.15, -0.1) is 0 Å². The zero-order chi connectivity index (χ0) is 18.4. The lowest BCUT2D eigenvalue weighted by Gasteiger charge is -2.26. The quantitative estimate of drug-likeness (QED) is 0.647. The molecule has 2 aromatic carbocycles. The van der Waals surface area contributed by atoms with Crippen LogP contribution in [-0.2, 0) is 15.1 Å². The highest BCUT2D eigenvalue weighted by atomic mass is 19.1. The van der Waals surface area contributed by atoms with E-state index in [4.69, 9.17) is 4.74 Å². The predicted octanol–water partition coefficient (Wildman–Crippen LogP) is 3.47. The fraction of sp³-hybridized carbons (Fsp3) is 0.200. The van der Waals surface area contributed by atoms with E-state index in [1.165, 1.54) is 18.2 Å². The van der Waals surface area contributed by atoms with Gasteiger partial charge in [-0.1, -0.05) is 30.3 Å². The van der Waals surface area contributed by atoms with Crippen molar-refractivity contribution in [2.45, 2.75) is 19.4 Å². The number of rotatable bonds is 6. The summed E-state index contributed by atoms with van der Waals surface area (Å²) >= 11 is 0. The van der Waals surface area contributed by atoms with Gasteiger partial charge in [-0.3, -0.25) is 9.59 Å². The third-order valence-corrected chi connectivity index (χ3v) is 3.74. The molecule has 0 unspecified atom stereocenters. The number of benzene rings is 2. The van der Waals surface area contributed by atoms with Crippen LogP contribution in [0.4, 0.5) is 4.39 Å². The Morgan fingerprint density at radius 1 is 1.12 bits per heavy atom. The van der Waals surface area contributed by atoms with Crippen LogP contribution in [0.2, 0.25) is 0 Å². The third-order valence-electron chi connectivity index (χ3n) is 3.74. The van der Waals surface area contributed by atoms with Gasteiger partial charge >= 0.3 is 0 Å². The van der Waals surface area contributed by atoms with Crippen LogP contribution in [0.3, 0.4) is 0 Å². The molecular formula is C20H20FNO3. The molecule has 0 saturated carbocycles. The van der Waals surface area contributed by atoms with Crippen molar-refractivity contribution in [1.82, 2.24) is 5.32 Å². The lowest BCUT2D eigenvalue weighted by molar-refractivity contribution is -0.136. The predicted molar refractivity (Wildman–Crippen MR) is 94.6 cm³/mol. The summed E-state index contributed by atoms with van der Waals surface area (Å²) in [5.41, 5.74) is 0.648. The number of carbonyl (C=O) groups excluding carboxylic acids is 2. The molecule has 25 heavy (non-hydrogen) atoms. The van der Waals surface area contributed by atoms with Crippen LogP contribution in [-0.4, -0.2) is 18.8 Å². The maximum Gasteiger partial charge on any atom is 0.292 e. The minimum atomic E-state index is -0.801. The second-order valence-corrected chi connectivity index (χ2v) is 6.06. The summed E-state index contributed by atoms with van der Waals surface area (Å²) < 4.78 is 18.1. The molecule has 0 aliphatic rings. The molecule has 2 aromatic rings. The highest BCUT2D eigenvalue weighted by molar-refractivity contribution is 6.41. The Balaban J connectivity index is 2.05. The molecular weight excluding hydrogens is 321 g/mol. The van der Waals surface area contributed by atoms with Gasteiger partial charge in [0.25, 0.3) is 5.91 Å². The van der Waals surface area contributed by atoms with Crippen LogP contribution in [0.5, 0.6) is 5.75 Å². The number of methoxy groups -OCH3 is 1. The van der Waals surface area contributed by atoms with E-state index in [9.17, 15) is 14.0 Å². The van der Waals surface area contributed by atoms with E-state index < -0.39 is 17.2 Å². The minimum Gasteiger partial charge on any atom is -0.497 e. The molecule has 1 amide bonds. The lowest BCUT2D eigenvalue weighted by Crippen LogP contribution is -2.43. The molecule has 0 fully saturated rings. The molecule has 1 N–H and O–H groups in total. The molecule has 2 rings (SSSR count). The highest BCUT2D eigenvalue weighted by Gasteiger charge is 2.25. The van der Waals surface area contributed by atoms with E-state index in [1.54, 1.807) is 63.4 Å². The number of hydrogen-bond acceptors (Lipinski definition) is 3. The van der Waals surface area contributed by atoms with Crippen LogP contribution in [0, 0.1) is 5.82 Å². The van der Waals surface area contributed by atoms with Crippen molar-refractivity contribution >= 4 is 17.8 Å². The van der Waals surface area contributed by atoms with Crippen LogP contribution < -0.4 is 10.1 Å². The number of amides is 1. The third kappa shape index (κ3) is 5.01. The first kappa shape index (κ1) is 18.4. The summed E-state index contributed by atoms with van der Waals surface area (Å²) in [6.45, 7) is 3.49. The first-order valence-electron chi connectivity index (χ1n) is 7.76. The summed E-state index contributed by atoms with van der Waals surface area (Å²) in [6.07, 6.45) is 2.76. The molecule has 4 nitrogen and oxygen atoms in total. The van der Waals surface area contributed by atoms with E-state index in [1.807, 2.05) is 0 Å². The van der Waals surface area contributed by atoms with Crippen molar-refractivity contribution in [1.29, 1.82) is 0 Å². The fourth-order valence-electron chi connectivity index (χ4n) is 2.28. The van der Waals surface area contributed by atoms with Gasteiger partial charge in [0.05, 0.1) is 12.6 Å². The number of halogens is 1. The zero-order valence-electron chi connectivity index (χ0n) is 14.4. The van der Waals surface area contributed by atoms with Gasteiger partial charge in [0.15, 0.2) is 0 Å². The Morgan fingerprint density at radius 2 is 1.80 bits per heavy atom. The second-order valence-electron chi connectivity index (χ2n) is 6.06. The summed E-state index contributed by atoms with van der Waals surface area (Å²) in [6, 6.07) is 12.9. The fourth-order valence-corrected chi connectivity index (χ4v) is 2.28. The van der Waals surface area contributed by atoms with Crippen LogP contribution >= 0.6 is 0 Å². The lowest BCUT2D eigenvalue weighted by atomic mass is 9.94. The molecule has 0 radical (unpaired) electrons. The second kappa shape index (κ2) is 7.75. The van der Waals surface area contributed by atoms with E-state index in [-0.39, 0.29) is 5.82 Å². The highest BCUT2D eigenvalue weighted by Crippen LogP contribution is 2.20. The number of carbonyl (C=O) groups is 2. The molecule has 0 heterocycles. The van der Waals surface area contributed by atoms with Gasteiger partial charge < -0.3 is 10.1 Å². The van der Waals surface area contributed by atoms with Gasteiger partial charge in [-0.2, -0.15) is 0 Å². The van der Waals surface area contributed by atoms with Crippen molar-refractivity contribution in [2.24, 2.45) is 0 Å². The van der Waals surface area contributed by atoms with Gasteiger partial charge in [-0.05, 0) is 55.3 Å². The average Bonchev–Trinajstić information content (AvgIpc) is 2.59. The Morgan fingerprint density at radius 3 is 2.44 bits per heavy atom. The molecule has 0 bridgehead atoms. The summed E-state index contributed by atoms with van der Waals surface area (Å²) in [5.74, 6) is -1.09. The maximum atomic E-state index is 13.0. The number of nitrogens with one attached hydrogen (secondary N) is 1. The normalized spacial score (nSPS) is 11.4. The van der Waals surface area contributed by atoms with Gasteiger partial charge in [0.1, 0.15) is 11.6 Å². The standard InChI is InChI=1S/C20H20FNO3/c1-20(2,15-8-10-16(21)11-9-15)22-19(24)18(23)12-7-14-5-4-6-17(13-14)25-3/h4-13H,1-3H3,(H,22,24). The molecule has 0 aliphatic carbocycles. The molecule has 130 valence electrons. The van der Waals surface area contributed by atoms with Gasteiger partial charge in [0.2, 0.25) is 5.78 Å². The van der Waals surface area contributed by atoms with Crippen molar-refractivity contribution in [3.63, 3.8) is 0 Å². The zero-order valence-corrected chi connectivity index (χ0v) is 14.4. The SMILES string of the molecule is COc1cccc(C=CC(=O)C(=O)NC(C)(C)c2ccc(F)cc2)c1. The summed E-state index contributed by atoms with van der Waals surface area (Å²) in [7, 11) is 1.55. The van der Waals surface area contributed by atoms with Crippen LogP contribution in [0.15, 0.2) is 54.6 Å². The first-order valence-corrected chi connectivity index (χ1v) is 7.76. The smallest absolute Gasteiger partial charge is 0.292 e. The largest absolute Gasteiger partial charge is 0.497 e. The Kier molecular flexibility index (Phi) is 5.70. The molecule has 5 heteroatoms. The van der Waals surface area contributed by atoms with Crippen molar-refractivity contribution < 1.29 is 18.7 Å². The Hall–Kier alpha value is -2.95. The molecule has 0 saturated heterocycles. The molecule has 0 aliphatic heterocycles. The van der Waals surface area contributed by atoms with Gasteiger partial charge in [0, 0.05) is 0 Å². The first-order chi connectivity index (χ1) is 11.8. The van der Waals surface area contributed by atoms with E-state index in [0.29, 0.717) is 11.3 Å². The monoisotopic (exact) mass is 341 g/mol. The van der Waals surface area contributed by atoms with Crippen molar-refractivity contribution in [2.75, 3.05) is 7.11 Å². The van der Waals surface area contributed by atoms with Gasteiger partial charge in [-0.25, -0.2) is 4.39 Å². The minimum absolute atomic E-state index is 0.358. The van der Waals surface area contributed by atoms with E-state index >= 15 is 0 Å². The topological polar surface area (TPSA) is 55.4 Å². The van der Waals surface area contributed by atoms with Crippen molar-refractivity contribution in [3.8, 4) is 5.75 Å².